The van der Waals surface area contributed by atoms with Gasteiger partial charge in [-0.25, -0.2) is 0 Å². The molecule has 3 unspecified atom stereocenters. The number of nitrogens with one attached hydrogen (secondary N) is 1. The molecule has 0 aliphatic rings. The van der Waals surface area contributed by atoms with Gasteiger partial charge in [-0.2, -0.15) is 0 Å². The van der Waals surface area contributed by atoms with Crippen molar-refractivity contribution >= 4 is 0 Å². The molecular formula is C9H21NO2. The summed E-state index contributed by atoms with van der Waals surface area (Å²) in [6, 6.07) is 0.131. The van der Waals surface area contributed by atoms with Crippen molar-refractivity contribution in [1.29, 1.82) is 0 Å². The Bertz CT molecular complexity index is 107. The van der Waals surface area contributed by atoms with Crippen LogP contribution in [-0.2, 0) is 0 Å². The largest absolute Gasteiger partial charge is 0.396 e. The molecule has 0 fully saturated rings. The Labute approximate surface area is 74.8 Å². The van der Waals surface area contributed by atoms with Gasteiger partial charge in [-0.1, -0.05) is 6.92 Å². The van der Waals surface area contributed by atoms with Crippen molar-refractivity contribution in [3.63, 3.8) is 0 Å². The van der Waals surface area contributed by atoms with Crippen molar-refractivity contribution in [2.45, 2.75) is 39.3 Å². The van der Waals surface area contributed by atoms with Crippen LogP contribution in [0.3, 0.4) is 0 Å². The molecule has 3 heteroatoms. The van der Waals surface area contributed by atoms with Crippen molar-refractivity contribution < 1.29 is 10.2 Å². The van der Waals surface area contributed by atoms with E-state index in [2.05, 4.69) is 12.2 Å². The zero-order valence-corrected chi connectivity index (χ0v) is 8.25. The van der Waals surface area contributed by atoms with E-state index in [0.717, 1.165) is 13.0 Å². The molecule has 0 aromatic carbocycles. The predicted octanol–water partition coefficient (Wildman–Crippen LogP) is 0.364. The minimum absolute atomic E-state index is 0.131. The molecule has 12 heavy (non-hydrogen) atoms. The lowest BCUT2D eigenvalue weighted by atomic mass is 10.1. The SMILES string of the molecule is CC(CCO)CNC(C)C(C)O. The Morgan fingerprint density at radius 2 is 1.83 bits per heavy atom. The van der Waals surface area contributed by atoms with Gasteiger partial charge < -0.3 is 15.5 Å². The smallest absolute Gasteiger partial charge is 0.0662 e. The first-order chi connectivity index (χ1) is 5.57. The molecule has 0 radical (unpaired) electrons. The van der Waals surface area contributed by atoms with Gasteiger partial charge in [-0.15, -0.1) is 0 Å². The van der Waals surface area contributed by atoms with Crippen molar-refractivity contribution in [1.82, 2.24) is 5.32 Å². The van der Waals surface area contributed by atoms with E-state index >= 15 is 0 Å². The maximum atomic E-state index is 9.15. The molecule has 3 nitrogen and oxygen atoms in total. The van der Waals surface area contributed by atoms with Gasteiger partial charge >= 0.3 is 0 Å². The Morgan fingerprint density at radius 3 is 2.25 bits per heavy atom. The van der Waals surface area contributed by atoms with E-state index in [0.29, 0.717) is 5.92 Å². The van der Waals surface area contributed by atoms with Crippen molar-refractivity contribution in [2.24, 2.45) is 5.92 Å². The molecule has 0 aromatic rings. The second kappa shape index (κ2) is 6.40. The third-order valence-corrected chi connectivity index (χ3v) is 2.13. The van der Waals surface area contributed by atoms with Gasteiger partial charge in [0.15, 0.2) is 0 Å². The van der Waals surface area contributed by atoms with E-state index in [1.165, 1.54) is 0 Å². The van der Waals surface area contributed by atoms with Crippen molar-refractivity contribution in [2.75, 3.05) is 13.2 Å². The van der Waals surface area contributed by atoms with Gasteiger partial charge in [-0.05, 0) is 32.7 Å². The highest BCUT2D eigenvalue weighted by Crippen LogP contribution is 1.99. The Balaban J connectivity index is 3.40. The van der Waals surface area contributed by atoms with Crippen LogP contribution < -0.4 is 5.32 Å². The van der Waals surface area contributed by atoms with Gasteiger partial charge in [0.05, 0.1) is 6.10 Å². The molecule has 3 atom stereocenters. The molecule has 74 valence electrons. The number of rotatable bonds is 6. The van der Waals surface area contributed by atoms with E-state index in [4.69, 9.17) is 10.2 Å². The lowest BCUT2D eigenvalue weighted by molar-refractivity contribution is 0.149. The molecule has 0 saturated heterocycles. The summed E-state index contributed by atoms with van der Waals surface area (Å²) in [4.78, 5) is 0. The molecular weight excluding hydrogens is 154 g/mol. The average molecular weight is 175 g/mol. The summed E-state index contributed by atoms with van der Waals surface area (Å²) in [5, 5.41) is 21.0. The van der Waals surface area contributed by atoms with Crippen LogP contribution in [0.4, 0.5) is 0 Å². The lowest BCUT2D eigenvalue weighted by Gasteiger charge is -2.19. The minimum atomic E-state index is -0.314. The molecule has 0 rings (SSSR count). The average Bonchev–Trinajstić information content (AvgIpc) is 2.00. The van der Waals surface area contributed by atoms with Crippen LogP contribution in [0.25, 0.3) is 0 Å². The standard InChI is InChI=1S/C9H21NO2/c1-7(4-5-11)6-10-8(2)9(3)12/h7-12H,4-6H2,1-3H3. The number of aliphatic hydroxyl groups excluding tert-OH is 2. The molecule has 0 amide bonds. The van der Waals surface area contributed by atoms with Crippen LogP contribution >= 0.6 is 0 Å². The first-order valence-electron chi connectivity index (χ1n) is 4.60. The number of aliphatic hydroxyl groups is 2. The number of hydrogen-bond donors (Lipinski definition) is 3. The van der Waals surface area contributed by atoms with E-state index in [1.54, 1.807) is 6.92 Å². The first-order valence-corrected chi connectivity index (χ1v) is 4.60. The van der Waals surface area contributed by atoms with E-state index in [9.17, 15) is 0 Å². The summed E-state index contributed by atoms with van der Waals surface area (Å²) in [6.07, 6.45) is 0.505. The third kappa shape index (κ3) is 5.52. The van der Waals surface area contributed by atoms with Gasteiger partial charge in [-0.3, -0.25) is 0 Å². The Kier molecular flexibility index (Phi) is 6.34. The van der Waals surface area contributed by atoms with Crippen LogP contribution in [0.2, 0.25) is 0 Å². The Hall–Kier alpha value is -0.120. The predicted molar refractivity (Wildman–Crippen MR) is 50.0 cm³/mol. The second-order valence-corrected chi connectivity index (χ2v) is 3.55. The highest BCUT2D eigenvalue weighted by Gasteiger charge is 2.08. The molecule has 3 N–H and O–H groups in total. The van der Waals surface area contributed by atoms with E-state index in [1.807, 2.05) is 6.92 Å². The fraction of sp³-hybridized carbons (Fsp3) is 1.00. The van der Waals surface area contributed by atoms with Crippen LogP contribution in [0.1, 0.15) is 27.2 Å². The van der Waals surface area contributed by atoms with Crippen LogP contribution in [-0.4, -0.2) is 35.5 Å². The normalized spacial score (nSPS) is 18.8. The topological polar surface area (TPSA) is 52.5 Å². The minimum Gasteiger partial charge on any atom is -0.396 e. The van der Waals surface area contributed by atoms with Crippen LogP contribution in [0, 0.1) is 5.92 Å². The molecule has 0 spiro atoms. The van der Waals surface area contributed by atoms with Crippen LogP contribution in [0.5, 0.6) is 0 Å². The fourth-order valence-corrected chi connectivity index (χ4v) is 0.880. The Morgan fingerprint density at radius 1 is 1.25 bits per heavy atom. The molecule has 0 saturated carbocycles. The highest BCUT2D eigenvalue weighted by molar-refractivity contribution is 4.67. The summed E-state index contributed by atoms with van der Waals surface area (Å²) in [5.41, 5.74) is 0. The quantitative estimate of drug-likeness (QED) is 0.546. The number of hydrogen-bond acceptors (Lipinski definition) is 3. The monoisotopic (exact) mass is 175 g/mol. The van der Waals surface area contributed by atoms with Crippen molar-refractivity contribution in [3.05, 3.63) is 0 Å². The van der Waals surface area contributed by atoms with Crippen molar-refractivity contribution in [3.8, 4) is 0 Å². The highest BCUT2D eigenvalue weighted by atomic mass is 16.3. The summed E-state index contributed by atoms with van der Waals surface area (Å²) < 4.78 is 0. The zero-order chi connectivity index (χ0) is 9.56. The van der Waals surface area contributed by atoms with Gasteiger partial charge in [0, 0.05) is 12.6 Å². The summed E-state index contributed by atoms with van der Waals surface area (Å²) in [7, 11) is 0. The first kappa shape index (κ1) is 11.9. The lowest BCUT2D eigenvalue weighted by Crippen LogP contribution is -2.38. The third-order valence-electron chi connectivity index (χ3n) is 2.13. The van der Waals surface area contributed by atoms with Crippen LogP contribution in [0.15, 0.2) is 0 Å². The summed E-state index contributed by atoms with van der Waals surface area (Å²) in [6.45, 7) is 6.90. The van der Waals surface area contributed by atoms with E-state index < -0.39 is 0 Å². The molecule has 0 aliphatic heterocycles. The van der Waals surface area contributed by atoms with Gasteiger partial charge in [0.2, 0.25) is 0 Å². The van der Waals surface area contributed by atoms with E-state index in [-0.39, 0.29) is 18.8 Å². The zero-order valence-electron chi connectivity index (χ0n) is 8.25. The summed E-state index contributed by atoms with van der Waals surface area (Å²) in [5.74, 6) is 0.469. The van der Waals surface area contributed by atoms with Gasteiger partial charge in [0.1, 0.15) is 0 Å². The summed E-state index contributed by atoms with van der Waals surface area (Å²) >= 11 is 0. The van der Waals surface area contributed by atoms with Gasteiger partial charge in [0.25, 0.3) is 0 Å². The maximum absolute atomic E-state index is 9.15. The molecule has 0 aliphatic carbocycles. The molecule has 0 bridgehead atoms. The molecule has 0 heterocycles. The fourth-order valence-electron chi connectivity index (χ4n) is 0.880. The maximum Gasteiger partial charge on any atom is 0.0662 e. The molecule has 0 aromatic heterocycles. The second-order valence-electron chi connectivity index (χ2n) is 3.55.